The Hall–Kier alpha value is -3.06. The minimum Gasteiger partial charge on any atom is -0.360 e. The quantitative estimate of drug-likeness (QED) is 0.661. The van der Waals surface area contributed by atoms with Crippen LogP contribution in [0.15, 0.2) is 54.2 Å². The van der Waals surface area contributed by atoms with Crippen molar-refractivity contribution in [1.29, 1.82) is 5.26 Å². The van der Waals surface area contributed by atoms with Crippen molar-refractivity contribution in [3.05, 3.63) is 70.9 Å². The summed E-state index contributed by atoms with van der Waals surface area (Å²) < 4.78 is 0. The number of nitrogens with one attached hydrogen (secondary N) is 2. The maximum atomic E-state index is 12.2. The largest absolute Gasteiger partial charge is 0.360 e. The van der Waals surface area contributed by atoms with Crippen molar-refractivity contribution in [2.45, 2.75) is 20.8 Å². The number of hydrogen-bond donors (Lipinski definition) is 2. The monoisotopic (exact) mass is 305 g/mol. The number of carbonyl (C=O) groups is 1. The molecule has 0 spiro atoms. The summed E-state index contributed by atoms with van der Waals surface area (Å²) in [7, 11) is 0. The van der Waals surface area contributed by atoms with Gasteiger partial charge in [-0.05, 0) is 55.7 Å². The Labute approximate surface area is 136 Å². The van der Waals surface area contributed by atoms with Crippen molar-refractivity contribution in [2.24, 2.45) is 0 Å². The molecule has 0 radical (unpaired) electrons. The van der Waals surface area contributed by atoms with Gasteiger partial charge in [-0.15, -0.1) is 0 Å². The summed E-state index contributed by atoms with van der Waals surface area (Å²) in [6.45, 7) is 5.90. The first kappa shape index (κ1) is 16.3. The average Bonchev–Trinajstić information content (AvgIpc) is 2.49. The van der Waals surface area contributed by atoms with Crippen LogP contribution in [0.25, 0.3) is 0 Å². The Morgan fingerprint density at radius 2 is 1.74 bits per heavy atom. The van der Waals surface area contributed by atoms with Gasteiger partial charge in [-0.25, -0.2) is 0 Å². The van der Waals surface area contributed by atoms with Crippen LogP contribution in [-0.2, 0) is 4.79 Å². The van der Waals surface area contributed by atoms with Crippen LogP contribution >= 0.6 is 0 Å². The van der Waals surface area contributed by atoms with Crippen molar-refractivity contribution in [1.82, 2.24) is 0 Å². The van der Waals surface area contributed by atoms with E-state index in [1.165, 1.54) is 6.20 Å². The molecule has 0 atom stereocenters. The highest BCUT2D eigenvalue weighted by Gasteiger charge is 2.10. The molecule has 2 aromatic rings. The Balaban J connectivity index is 2.14. The van der Waals surface area contributed by atoms with Gasteiger partial charge < -0.3 is 10.6 Å². The molecule has 0 aliphatic carbocycles. The fourth-order valence-electron chi connectivity index (χ4n) is 2.26. The standard InChI is InChI=1S/C19H19N3O/c1-13-8-14(2)10-17(9-13)21-12-16(11-20)19(23)22-18-7-5-4-6-15(18)3/h4-10,12,21H,1-3H3,(H,22,23)/b16-12-. The molecule has 2 aromatic carbocycles. The zero-order valence-corrected chi connectivity index (χ0v) is 13.5. The smallest absolute Gasteiger partial charge is 0.267 e. The molecule has 0 aliphatic rings. The molecule has 0 bridgehead atoms. The predicted molar refractivity (Wildman–Crippen MR) is 93.0 cm³/mol. The summed E-state index contributed by atoms with van der Waals surface area (Å²) >= 11 is 0. The van der Waals surface area contributed by atoms with Gasteiger partial charge in [0.15, 0.2) is 0 Å². The molecule has 0 unspecified atom stereocenters. The molecule has 4 nitrogen and oxygen atoms in total. The van der Waals surface area contributed by atoms with Crippen LogP contribution in [0.2, 0.25) is 0 Å². The van der Waals surface area contributed by atoms with Gasteiger partial charge in [0.25, 0.3) is 5.91 Å². The van der Waals surface area contributed by atoms with Crippen molar-refractivity contribution in [3.63, 3.8) is 0 Å². The number of rotatable bonds is 4. The van der Waals surface area contributed by atoms with E-state index in [0.717, 1.165) is 22.4 Å². The lowest BCUT2D eigenvalue weighted by atomic mass is 10.1. The number of para-hydroxylation sites is 1. The molecule has 2 rings (SSSR count). The Bertz CT molecular complexity index is 780. The molecule has 0 fully saturated rings. The lowest BCUT2D eigenvalue weighted by Gasteiger charge is -2.08. The van der Waals surface area contributed by atoms with Crippen LogP contribution in [0.5, 0.6) is 0 Å². The Morgan fingerprint density at radius 1 is 1.09 bits per heavy atom. The summed E-state index contributed by atoms with van der Waals surface area (Å²) in [6, 6.07) is 15.3. The van der Waals surface area contributed by atoms with Crippen LogP contribution in [-0.4, -0.2) is 5.91 Å². The highest BCUT2D eigenvalue weighted by molar-refractivity contribution is 6.07. The molecule has 0 saturated carbocycles. The van der Waals surface area contributed by atoms with Crippen molar-refractivity contribution in [2.75, 3.05) is 10.6 Å². The zero-order valence-electron chi connectivity index (χ0n) is 13.5. The highest BCUT2D eigenvalue weighted by atomic mass is 16.1. The summed E-state index contributed by atoms with van der Waals surface area (Å²) in [5.41, 5.74) is 4.74. The van der Waals surface area contributed by atoms with E-state index in [-0.39, 0.29) is 5.57 Å². The first-order valence-electron chi connectivity index (χ1n) is 7.31. The molecule has 0 aromatic heterocycles. The van der Waals surface area contributed by atoms with Crippen molar-refractivity contribution in [3.8, 4) is 6.07 Å². The molecular formula is C19H19N3O. The van der Waals surface area contributed by atoms with Gasteiger partial charge in [0.1, 0.15) is 11.6 Å². The zero-order chi connectivity index (χ0) is 16.8. The van der Waals surface area contributed by atoms with Crippen LogP contribution in [0.4, 0.5) is 11.4 Å². The predicted octanol–water partition coefficient (Wildman–Crippen LogP) is 4.07. The maximum Gasteiger partial charge on any atom is 0.267 e. The third kappa shape index (κ3) is 4.45. The van der Waals surface area contributed by atoms with Crippen LogP contribution in [0, 0.1) is 32.1 Å². The topological polar surface area (TPSA) is 64.9 Å². The summed E-state index contributed by atoms with van der Waals surface area (Å²) in [6.07, 6.45) is 1.43. The summed E-state index contributed by atoms with van der Waals surface area (Å²) in [5.74, 6) is -0.432. The number of carbonyl (C=O) groups excluding carboxylic acids is 1. The number of aryl methyl sites for hydroxylation is 3. The first-order valence-corrected chi connectivity index (χ1v) is 7.31. The molecule has 0 saturated heterocycles. The second-order valence-electron chi connectivity index (χ2n) is 5.46. The summed E-state index contributed by atoms with van der Waals surface area (Å²) in [5, 5.41) is 15.0. The SMILES string of the molecule is Cc1cc(C)cc(N/C=C(/C#N)C(=O)Nc2ccccc2C)c1. The third-order valence-corrected chi connectivity index (χ3v) is 3.36. The van der Waals surface area contributed by atoms with E-state index in [4.69, 9.17) is 0 Å². The van der Waals surface area contributed by atoms with E-state index in [0.29, 0.717) is 5.69 Å². The van der Waals surface area contributed by atoms with E-state index >= 15 is 0 Å². The lowest BCUT2D eigenvalue weighted by molar-refractivity contribution is -0.112. The number of anilines is 2. The van der Waals surface area contributed by atoms with Gasteiger partial charge >= 0.3 is 0 Å². The second-order valence-corrected chi connectivity index (χ2v) is 5.46. The van der Waals surface area contributed by atoms with Crippen LogP contribution < -0.4 is 10.6 Å². The fraction of sp³-hybridized carbons (Fsp3) is 0.158. The first-order chi connectivity index (χ1) is 11.0. The van der Waals surface area contributed by atoms with Crippen LogP contribution in [0.3, 0.4) is 0 Å². The van der Waals surface area contributed by atoms with Crippen molar-refractivity contribution >= 4 is 17.3 Å². The van der Waals surface area contributed by atoms with Gasteiger partial charge in [-0.3, -0.25) is 4.79 Å². The lowest BCUT2D eigenvalue weighted by Crippen LogP contribution is -2.15. The van der Waals surface area contributed by atoms with Gasteiger partial charge in [-0.1, -0.05) is 24.3 Å². The van der Waals surface area contributed by atoms with Crippen LogP contribution in [0.1, 0.15) is 16.7 Å². The van der Waals surface area contributed by atoms with Gasteiger partial charge in [0.05, 0.1) is 0 Å². The molecule has 23 heavy (non-hydrogen) atoms. The molecule has 2 N–H and O–H groups in total. The van der Waals surface area contributed by atoms with Gasteiger partial charge in [0, 0.05) is 17.6 Å². The van der Waals surface area contributed by atoms with E-state index in [9.17, 15) is 10.1 Å². The van der Waals surface area contributed by atoms with E-state index in [1.807, 2.05) is 57.2 Å². The number of benzene rings is 2. The van der Waals surface area contributed by atoms with Gasteiger partial charge in [0.2, 0.25) is 0 Å². The number of amides is 1. The number of nitriles is 1. The molecule has 4 heteroatoms. The maximum absolute atomic E-state index is 12.2. The molecule has 0 heterocycles. The molecule has 116 valence electrons. The highest BCUT2D eigenvalue weighted by Crippen LogP contribution is 2.16. The summed E-state index contributed by atoms with van der Waals surface area (Å²) in [4.78, 5) is 12.2. The normalized spacial score (nSPS) is 10.8. The third-order valence-electron chi connectivity index (χ3n) is 3.36. The minimum atomic E-state index is -0.432. The molecule has 0 aliphatic heterocycles. The Kier molecular flexibility index (Phi) is 5.16. The Morgan fingerprint density at radius 3 is 2.35 bits per heavy atom. The number of nitrogens with zero attached hydrogens (tertiary/aromatic N) is 1. The second kappa shape index (κ2) is 7.28. The van der Waals surface area contributed by atoms with E-state index < -0.39 is 5.91 Å². The average molecular weight is 305 g/mol. The fourth-order valence-corrected chi connectivity index (χ4v) is 2.26. The minimum absolute atomic E-state index is 0.0208. The van der Waals surface area contributed by atoms with E-state index in [2.05, 4.69) is 16.7 Å². The van der Waals surface area contributed by atoms with E-state index in [1.54, 1.807) is 6.07 Å². The number of hydrogen-bond acceptors (Lipinski definition) is 3. The molecule has 1 amide bonds. The van der Waals surface area contributed by atoms with Crippen molar-refractivity contribution < 1.29 is 4.79 Å². The van der Waals surface area contributed by atoms with Gasteiger partial charge in [-0.2, -0.15) is 5.26 Å². The molecular weight excluding hydrogens is 286 g/mol.